The number of carbonyl (C=O) groups is 2. The molecule has 168 valence electrons. The Hall–Kier alpha value is -4.56. The van der Waals surface area contributed by atoms with Gasteiger partial charge in [0.1, 0.15) is 0 Å². The summed E-state index contributed by atoms with van der Waals surface area (Å²) in [7, 11) is 0. The van der Waals surface area contributed by atoms with Crippen LogP contribution in [0.3, 0.4) is 0 Å². The number of non-ortho nitro benzene ring substituents is 1. The van der Waals surface area contributed by atoms with E-state index >= 15 is 0 Å². The van der Waals surface area contributed by atoms with Gasteiger partial charge in [0.15, 0.2) is 0 Å². The van der Waals surface area contributed by atoms with Crippen molar-refractivity contribution in [3.05, 3.63) is 118 Å². The van der Waals surface area contributed by atoms with E-state index < -0.39 is 10.8 Å². The van der Waals surface area contributed by atoms with Crippen molar-refractivity contribution in [1.29, 1.82) is 0 Å². The number of pyridine rings is 1. The largest absolute Gasteiger partial charge is 0.322 e. The number of hydrogen-bond donors (Lipinski definition) is 2. The Kier molecular flexibility index (Phi) is 6.61. The average molecular weight is 473 g/mol. The quantitative estimate of drug-likeness (QED) is 0.271. The van der Waals surface area contributed by atoms with Crippen LogP contribution in [0.2, 0.25) is 5.02 Å². The second-order valence-electron chi connectivity index (χ2n) is 7.22. The maximum Gasteiger partial charge on any atom is 0.270 e. The van der Waals surface area contributed by atoms with Gasteiger partial charge in [0, 0.05) is 41.5 Å². The molecule has 4 aromatic rings. The summed E-state index contributed by atoms with van der Waals surface area (Å²) in [4.78, 5) is 39.1. The molecule has 0 aliphatic carbocycles. The molecular formula is C25H17ClN4O4. The van der Waals surface area contributed by atoms with Gasteiger partial charge in [-0.3, -0.25) is 24.7 Å². The molecule has 0 spiro atoms. The summed E-state index contributed by atoms with van der Waals surface area (Å²) in [5.41, 5.74) is 3.30. The Balaban J connectivity index is 1.42. The zero-order valence-corrected chi connectivity index (χ0v) is 18.3. The molecule has 0 bridgehead atoms. The highest BCUT2D eigenvalue weighted by Crippen LogP contribution is 2.26. The number of nitrogens with zero attached hydrogens (tertiary/aromatic N) is 2. The molecule has 0 radical (unpaired) electrons. The van der Waals surface area contributed by atoms with E-state index in [2.05, 4.69) is 15.6 Å². The summed E-state index contributed by atoms with van der Waals surface area (Å²) in [5.74, 6) is -0.769. The fourth-order valence-corrected chi connectivity index (χ4v) is 3.40. The Morgan fingerprint density at radius 1 is 0.765 bits per heavy atom. The SMILES string of the molecule is O=C(Nc1ccc(-c2ccc(NC(=O)c3cc([N+](=O)[O-])ccc3Cl)cc2)cc1)c1ccncc1. The first kappa shape index (κ1) is 22.6. The Labute approximate surface area is 199 Å². The number of anilines is 2. The first-order valence-electron chi connectivity index (χ1n) is 10.1. The van der Waals surface area contributed by atoms with Crippen molar-refractivity contribution in [2.45, 2.75) is 0 Å². The highest BCUT2D eigenvalue weighted by Gasteiger charge is 2.16. The zero-order chi connectivity index (χ0) is 24.1. The summed E-state index contributed by atoms with van der Waals surface area (Å²) in [6.45, 7) is 0. The van der Waals surface area contributed by atoms with Gasteiger partial charge >= 0.3 is 0 Å². The molecule has 4 rings (SSSR count). The van der Waals surface area contributed by atoms with Crippen molar-refractivity contribution < 1.29 is 14.5 Å². The highest BCUT2D eigenvalue weighted by molar-refractivity contribution is 6.34. The van der Waals surface area contributed by atoms with Gasteiger partial charge in [0.25, 0.3) is 17.5 Å². The standard InChI is InChI=1S/C25H17ClN4O4/c26-23-10-9-21(30(33)34)15-22(23)25(32)29-20-7-3-17(4-8-20)16-1-5-19(6-2-16)28-24(31)18-11-13-27-14-12-18/h1-15H,(H,28,31)(H,29,32). The molecule has 2 amide bonds. The summed E-state index contributed by atoms with van der Waals surface area (Å²) in [5, 5.41) is 16.6. The third-order valence-electron chi connectivity index (χ3n) is 4.97. The molecule has 0 saturated heterocycles. The van der Waals surface area contributed by atoms with Crippen LogP contribution in [-0.4, -0.2) is 21.7 Å². The van der Waals surface area contributed by atoms with Crippen LogP contribution in [0.4, 0.5) is 17.1 Å². The van der Waals surface area contributed by atoms with Gasteiger partial charge in [0.2, 0.25) is 0 Å². The molecule has 0 aliphatic heterocycles. The molecule has 0 unspecified atom stereocenters. The fraction of sp³-hybridized carbons (Fsp3) is 0. The maximum atomic E-state index is 12.5. The van der Waals surface area contributed by atoms with Gasteiger partial charge < -0.3 is 10.6 Å². The summed E-state index contributed by atoms with van der Waals surface area (Å²) < 4.78 is 0. The van der Waals surface area contributed by atoms with Crippen LogP contribution in [-0.2, 0) is 0 Å². The van der Waals surface area contributed by atoms with Crippen molar-refractivity contribution in [2.75, 3.05) is 10.6 Å². The van der Waals surface area contributed by atoms with E-state index in [0.29, 0.717) is 16.9 Å². The lowest BCUT2D eigenvalue weighted by Crippen LogP contribution is -2.12. The monoisotopic (exact) mass is 472 g/mol. The third kappa shape index (κ3) is 5.25. The van der Waals surface area contributed by atoms with Gasteiger partial charge in [-0.25, -0.2) is 0 Å². The van der Waals surface area contributed by atoms with Gasteiger partial charge in [-0.1, -0.05) is 35.9 Å². The number of halogens is 1. The topological polar surface area (TPSA) is 114 Å². The van der Waals surface area contributed by atoms with Crippen molar-refractivity contribution in [1.82, 2.24) is 4.98 Å². The first-order chi connectivity index (χ1) is 16.4. The molecular weight excluding hydrogens is 456 g/mol. The van der Waals surface area contributed by atoms with Crippen LogP contribution < -0.4 is 10.6 Å². The Morgan fingerprint density at radius 2 is 1.29 bits per heavy atom. The fourth-order valence-electron chi connectivity index (χ4n) is 3.20. The van der Waals surface area contributed by atoms with Gasteiger partial charge in [-0.15, -0.1) is 0 Å². The van der Waals surface area contributed by atoms with Crippen LogP contribution in [0.5, 0.6) is 0 Å². The molecule has 0 fully saturated rings. The second-order valence-corrected chi connectivity index (χ2v) is 7.63. The molecule has 2 N–H and O–H groups in total. The number of rotatable bonds is 6. The normalized spacial score (nSPS) is 10.4. The zero-order valence-electron chi connectivity index (χ0n) is 17.6. The van der Waals surface area contributed by atoms with E-state index in [-0.39, 0.29) is 22.2 Å². The molecule has 8 nitrogen and oxygen atoms in total. The predicted molar refractivity (Wildman–Crippen MR) is 130 cm³/mol. The minimum Gasteiger partial charge on any atom is -0.322 e. The number of amides is 2. The van der Waals surface area contributed by atoms with Crippen LogP contribution in [0.25, 0.3) is 11.1 Å². The number of hydrogen-bond acceptors (Lipinski definition) is 5. The number of nitrogens with one attached hydrogen (secondary N) is 2. The van der Waals surface area contributed by atoms with Gasteiger partial charge in [0.05, 0.1) is 15.5 Å². The van der Waals surface area contributed by atoms with Crippen LogP contribution >= 0.6 is 11.6 Å². The first-order valence-corrected chi connectivity index (χ1v) is 10.5. The van der Waals surface area contributed by atoms with Crippen molar-refractivity contribution in [3.63, 3.8) is 0 Å². The lowest BCUT2D eigenvalue weighted by atomic mass is 10.0. The molecule has 3 aromatic carbocycles. The number of aromatic nitrogens is 1. The van der Waals surface area contributed by atoms with Crippen molar-refractivity contribution >= 4 is 40.5 Å². The summed E-state index contributed by atoms with van der Waals surface area (Å²) >= 11 is 6.03. The van der Waals surface area contributed by atoms with E-state index in [1.165, 1.54) is 12.1 Å². The molecule has 0 saturated carbocycles. The van der Waals surface area contributed by atoms with Crippen LogP contribution in [0, 0.1) is 10.1 Å². The van der Waals surface area contributed by atoms with E-state index in [4.69, 9.17) is 11.6 Å². The number of nitro benzene ring substituents is 1. The molecule has 34 heavy (non-hydrogen) atoms. The number of benzene rings is 3. The smallest absolute Gasteiger partial charge is 0.270 e. The van der Waals surface area contributed by atoms with Crippen molar-refractivity contribution in [3.8, 4) is 11.1 Å². The number of nitro groups is 1. The van der Waals surface area contributed by atoms with E-state index in [0.717, 1.165) is 17.2 Å². The van der Waals surface area contributed by atoms with Crippen LogP contribution in [0.1, 0.15) is 20.7 Å². The Bertz CT molecular complexity index is 1360. The average Bonchev–Trinajstić information content (AvgIpc) is 2.85. The molecule has 9 heteroatoms. The summed E-state index contributed by atoms with van der Waals surface area (Å²) in [6, 6.07) is 21.4. The molecule has 1 heterocycles. The number of carbonyl (C=O) groups excluding carboxylic acids is 2. The van der Waals surface area contributed by atoms with E-state index in [1.54, 1.807) is 48.8 Å². The minimum absolute atomic E-state index is 0.0179. The minimum atomic E-state index is -0.586. The van der Waals surface area contributed by atoms with E-state index in [9.17, 15) is 19.7 Å². The van der Waals surface area contributed by atoms with Gasteiger partial charge in [-0.2, -0.15) is 0 Å². The lowest BCUT2D eigenvalue weighted by Gasteiger charge is -2.09. The Morgan fingerprint density at radius 3 is 1.82 bits per heavy atom. The van der Waals surface area contributed by atoms with E-state index in [1.807, 2.05) is 24.3 Å². The van der Waals surface area contributed by atoms with Crippen LogP contribution in [0.15, 0.2) is 91.3 Å². The second kappa shape index (κ2) is 9.93. The van der Waals surface area contributed by atoms with Crippen molar-refractivity contribution in [2.24, 2.45) is 0 Å². The maximum absolute atomic E-state index is 12.5. The van der Waals surface area contributed by atoms with Gasteiger partial charge in [-0.05, 0) is 53.6 Å². The molecule has 0 aliphatic rings. The molecule has 1 aromatic heterocycles. The predicted octanol–water partition coefficient (Wildman–Crippen LogP) is 5.81. The summed E-state index contributed by atoms with van der Waals surface area (Å²) in [6.07, 6.45) is 3.12. The lowest BCUT2D eigenvalue weighted by molar-refractivity contribution is -0.384. The highest BCUT2D eigenvalue weighted by atomic mass is 35.5. The third-order valence-corrected chi connectivity index (χ3v) is 5.30. The molecule has 0 atom stereocenters.